The molecule has 0 saturated carbocycles. The summed E-state index contributed by atoms with van der Waals surface area (Å²) in [6.07, 6.45) is 0. The average Bonchev–Trinajstić information content (AvgIpc) is 2.64. The van der Waals surface area contributed by atoms with Crippen LogP contribution in [0.2, 0.25) is 0 Å². The predicted octanol–water partition coefficient (Wildman–Crippen LogP) is 3.91. The standard InChI is InChI=1S/C16H22FN3S/c1-11-14(10-18-16(2,3)4)15(20(5)19-11)21-13-8-6-12(17)7-9-13/h6-9,18H,10H2,1-5H3. The van der Waals surface area contributed by atoms with Crippen LogP contribution in [0.4, 0.5) is 4.39 Å². The normalized spacial score (nSPS) is 11.9. The third-order valence-corrected chi connectivity index (χ3v) is 4.32. The molecule has 3 nitrogen and oxygen atoms in total. The first-order valence-corrected chi connectivity index (χ1v) is 7.79. The van der Waals surface area contributed by atoms with Crippen LogP contribution in [0.1, 0.15) is 32.0 Å². The Morgan fingerprint density at radius 1 is 1.24 bits per heavy atom. The predicted molar refractivity (Wildman–Crippen MR) is 85.1 cm³/mol. The highest BCUT2D eigenvalue weighted by atomic mass is 32.2. The molecule has 0 unspecified atom stereocenters. The number of hydrogen-bond donors (Lipinski definition) is 1. The molecule has 2 aromatic rings. The summed E-state index contributed by atoms with van der Waals surface area (Å²) in [6.45, 7) is 9.23. The maximum Gasteiger partial charge on any atom is 0.123 e. The van der Waals surface area contributed by atoms with Crippen LogP contribution in [-0.4, -0.2) is 15.3 Å². The fourth-order valence-corrected chi connectivity index (χ4v) is 2.99. The number of halogens is 1. The lowest BCUT2D eigenvalue weighted by Gasteiger charge is -2.20. The van der Waals surface area contributed by atoms with Gasteiger partial charge in [0.05, 0.1) is 5.69 Å². The van der Waals surface area contributed by atoms with Crippen molar-refractivity contribution in [2.45, 2.75) is 49.7 Å². The fraction of sp³-hybridized carbons (Fsp3) is 0.438. The average molecular weight is 307 g/mol. The third-order valence-electron chi connectivity index (χ3n) is 3.11. The summed E-state index contributed by atoms with van der Waals surface area (Å²) in [5.41, 5.74) is 2.28. The van der Waals surface area contributed by atoms with Crippen molar-refractivity contribution in [1.82, 2.24) is 15.1 Å². The monoisotopic (exact) mass is 307 g/mol. The lowest BCUT2D eigenvalue weighted by atomic mass is 10.1. The Kier molecular flexibility index (Phi) is 4.74. The molecular weight excluding hydrogens is 285 g/mol. The van der Waals surface area contributed by atoms with Crippen molar-refractivity contribution >= 4 is 11.8 Å². The first-order chi connectivity index (χ1) is 9.76. The summed E-state index contributed by atoms with van der Waals surface area (Å²) in [6, 6.07) is 6.56. The lowest BCUT2D eigenvalue weighted by Crippen LogP contribution is -2.35. The first kappa shape index (κ1) is 16.0. The highest BCUT2D eigenvalue weighted by molar-refractivity contribution is 7.99. The molecule has 0 atom stereocenters. The van der Waals surface area contributed by atoms with Gasteiger partial charge < -0.3 is 5.32 Å². The van der Waals surface area contributed by atoms with Gasteiger partial charge in [0.2, 0.25) is 0 Å². The molecule has 1 N–H and O–H groups in total. The topological polar surface area (TPSA) is 29.9 Å². The highest BCUT2D eigenvalue weighted by Gasteiger charge is 2.17. The fourth-order valence-electron chi connectivity index (χ4n) is 1.98. The second kappa shape index (κ2) is 6.20. The van der Waals surface area contributed by atoms with E-state index in [-0.39, 0.29) is 11.4 Å². The third kappa shape index (κ3) is 4.32. The van der Waals surface area contributed by atoms with Crippen molar-refractivity contribution in [3.63, 3.8) is 0 Å². The Bertz CT molecular complexity index is 612. The Balaban J connectivity index is 2.24. The molecule has 1 aromatic heterocycles. The van der Waals surface area contributed by atoms with Crippen LogP contribution < -0.4 is 5.32 Å². The van der Waals surface area contributed by atoms with E-state index < -0.39 is 0 Å². The molecule has 2 rings (SSSR count). The molecule has 0 aliphatic rings. The summed E-state index contributed by atoms with van der Waals surface area (Å²) >= 11 is 1.61. The minimum Gasteiger partial charge on any atom is -0.308 e. The summed E-state index contributed by atoms with van der Waals surface area (Å²) in [4.78, 5) is 1.01. The molecule has 1 heterocycles. The molecule has 0 bridgehead atoms. The van der Waals surface area contributed by atoms with Crippen LogP contribution in [0.5, 0.6) is 0 Å². The molecule has 0 aliphatic heterocycles. The van der Waals surface area contributed by atoms with Crippen LogP contribution in [0.25, 0.3) is 0 Å². The van der Waals surface area contributed by atoms with Crippen LogP contribution in [-0.2, 0) is 13.6 Å². The van der Waals surface area contributed by atoms with Crippen molar-refractivity contribution in [3.05, 3.63) is 41.3 Å². The van der Waals surface area contributed by atoms with Gasteiger partial charge in [-0.25, -0.2) is 4.39 Å². The second-order valence-electron chi connectivity index (χ2n) is 6.15. The van der Waals surface area contributed by atoms with Crippen molar-refractivity contribution in [2.75, 3.05) is 0 Å². The Labute approximate surface area is 129 Å². The summed E-state index contributed by atoms with van der Waals surface area (Å²) < 4.78 is 14.9. The van der Waals surface area contributed by atoms with Crippen molar-refractivity contribution < 1.29 is 4.39 Å². The molecule has 0 fully saturated rings. The van der Waals surface area contributed by atoms with E-state index in [1.165, 1.54) is 17.7 Å². The summed E-state index contributed by atoms with van der Waals surface area (Å²) in [5, 5.41) is 9.10. The van der Waals surface area contributed by atoms with Gasteiger partial charge in [-0.1, -0.05) is 11.8 Å². The number of benzene rings is 1. The van der Waals surface area contributed by atoms with Gasteiger partial charge in [0.15, 0.2) is 0 Å². The van der Waals surface area contributed by atoms with E-state index >= 15 is 0 Å². The zero-order chi connectivity index (χ0) is 15.6. The molecule has 5 heteroatoms. The zero-order valence-corrected chi connectivity index (χ0v) is 14.0. The van der Waals surface area contributed by atoms with E-state index in [0.717, 1.165) is 22.2 Å². The minimum absolute atomic E-state index is 0.0556. The van der Waals surface area contributed by atoms with Gasteiger partial charge in [-0.2, -0.15) is 5.10 Å². The molecular formula is C16H22FN3S. The number of rotatable bonds is 4. The number of nitrogens with zero attached hydrogens (tertiary/aromatic N) is 2. The Hall–Kier alpha value is -1.33. The van der Waals surface area contributed by atoms with E-state index in [1.54, 1.807) is 23.9 Å². The van der Waals surface area contributed by atoms with Crippen LogP contribution in [0, 0.1) is 12.7 Å². The molecule has 0 aliphatic carbocycles. The quantitative estimate of drug-likeness (QED) is 0.929. The lowest BCUT2D eigenvalue weighted by molar-refractivity contribution is 0.421. The maximum absolute atomic E-state index is 13.0. The highest BCUT2D eigenvalue weighted by Crippen LogP contribution is 2.32. The number of hydrogen-bond acceptors (Lipinski definition) is 3. The van der Waals surface area contributed by atoms with Crippen molar-refractivity contribution in [2.24, 2.45) is 7.05 Å². The van der Waals surface area contributed by atoms with Gasteiger partial charge in [-0.05, 0) is 52.0 Å². The second-order valence-corrected chi connectivity index (χ2v) is 7.21. The van der Waals surface area contributed by atoms with Crippen molar-refractivity contribution in [1.29, 1.82) is 0 Å². The van der Waals surface area contributed by atoms with Gasteiger partial charge in [-0.15, -0.1) is 0 Å². The summed E-state index contributed by atoms with van der Waals surface area (Å²) in [5.74, 6) is -0.213. The smallest absolute Gasteiger partial charge is 0.123 e. The molecule has 0 radical (unpaired) electrons. The summed E-state index contributed by atoms with van der Waals surface area (Å²) in [7, 11) is 1.94. The van der Waals surface area contributed by atoms with Gasteiger partial charge >= 0.3 is 0 Å². The van der Waals surface area contributed by atoms with Gasteiger partial charge in [-0.3, -0.25) is 4.68 Å². The largest absolute Gasteiger partial charge is 0.308 e. The van der Waals surface area contributed by atoms with E-state index in [1.807, 2.05) is 18.7 Å². The molecule has 1 aromatic carbocycles. The van der Waals surface area contributed by atoms with Crippen LogP contribution in [0.15, 0.2) is 34.2 Å². The molecule has 114 valence electrons. The van der Waals surface area contributed by atoms with E-state index in [0.29, 0.717) is 0 Å². The molecule has 21 heavy (non-hydrogen) atoms. The van der Waals surface area contributed by atoms with E-state index in [2.05, 4.69) is 31.2 Å². The van der Waals surface area contributed by atoms with Gasteiger partial charge in [0.25, 0.3) is 0 Å². The van der Waals surface area contributed by atoms with E-state index in [9.17, 15) is 4.39 Å². The number of nitrogens with one attached hydrogen (secondary N) is 1. The van der Waals surface area contributed by atoms with Crippen molar-refractivity contribution in [3.8, 4) is 0 Å². The first-order valence-electron chi connectivity index (χ1n) is 6.97. The molecule has 0 amide bonds. The number of aryl methyl sites for hydroxylation is 2. The van der Waals surface area contributed by atoms with Crippen LogP contribution in [0.3, 0.4) is 0 Å². The zero-order valence-electron chi connectivity index (χ0n) is 13.2. The molecule has 0 saturated heterocycles. The van der Waals surface area contributed by atoms with Gasteiger partial charge in [0.1, 0.15) is 10.8 Å². The minimum atomic E-state index is -0.213. The van der Waals surface area contributed by atoms with Gasteiger partial charge in [0, 0.05) is 29.6 Å². The Morgan fingerprint density at radius 2 is 1.86 bits per heavy atom. The van der Waals surface area contributed by atoms with E-state index in [4.69, 9.17) is 0 Å². The molecule has 0 spiro atoms. The van der Waals surface area contributed by atoms with Crippen LogP contribution >= 0.6 is 11.8 Å². The number of aromatic nitrogens is 2. The maximum atomic E-state index is 13.0. The SMILES string of the molecule is Cc1nn(C)c(Sc2ccc(F)cc2)c1CNC(C)(C)C. The Morgan fingerprint density at radius 3 is 2.43 bits per heavy atom.